The molecule has 2 rings (SSSR count). The summed E-state index contributed by atoms with van der Waals surface area (Å²) in [4.78, 5) is 19.5. The second-order valence-electron chi connectivity index (χ2n) is 4.32. The second kappa shape index (κ2) is 5.92. The van der Waals surface area contributed by atoms with Gasteiger partial charge < -0.3 is 15.0 Å². The van der Waals surface area contributed by atoms with E-state index in [-0.39, 0.29) is 5.97 Å². The van der Waals surface area contributed by atoms with Crippen LogP contribution in [0.2, 0.25) is 0 Å². The van der Waals surface area contributed by atoms with E-state index >= 15 is 0 Å². The number of thiazole rings is 1. The number of nitrogens with one attached hydrogen (secondary N) is 2. The van der Waals surface area contributed by atoms with Crippen LogP contribution in [-0.2, 0) is 4.74 Å². The van der Waals surface area contributed by atoms with Crippen molar-refractivity contribution in [3.8, 4) is 11.4 Å². The van der Waals surface area contributed by atoms with Gasteiger partial charge in [-0.05, 0) is 19.4 Å². The first-order valence-corrected chi connectivity index (χ1v) is 7.04. The maximum atomic E-state index is 11.8. The van der Waals surface area contributed by atoms with Crippen LogP contribution in [-0.4, -0.2) is 29.6 Å². The molecule has 0 aliphatic heterocycles. The number of hydrogen-bond acceptors (Lipinski definition) is 5. The molecular weight excluding hydrogens is 274 g/mol. The van der Waals surface area contributed by atoms with E-state index in [1.54, 1.807) is 6.08 Å². The minimum atomic E-state index is -0.331. The Kier molecular flexibility index (Phi) is 4.24. The number of aromatic amines is 1. The summed E-state index contributed by atoms with van der Waals surface area (Å²) in [6.07, 6.45) is 1.78. The average molecular weight is 291 g/mol. The molecule has 0 saturated carbocycles. The van der Waals surface area contributed by atoms with E-state index in [0.29, 0.717) is 12.1 Å². The van der Waals surface area contributed by atoms with E-state index in [4.69, 9.17) is 4.74 Å². The fourth-order valence-electron chi connectivity index (χ4n) is 2.04. The van der Waals surface area contributed by atoms with Gasteiger partial charge in [0, 0.05) is 17.6 Å². The molecule has 0 aliphatic carbocycles. The summed E-state index contributed by atoms with van der Waals surface area (Å²) in [6, 6.07) is 0. The van der Waals surface area contributed by atoms with Crippen LogP contribution in [0.4, 0.5) is 5.13 Å². The Morgan fingerprint density at radius 2 is 2.35 bits per heavy atom. The molecule has 0 aliphatic rings. The van der Waals surface area contributed by atoms with Gasteiger partial charge in [-0.15, -0.1) is 17.9 Å². The molecule has 0 fully saturated rings. The Labute approximate surface area is 121 Å². The predicted molar refractivity (Wildman–Crippen MR) is 81.4 cm³/mol. The van der Waals surface area contributed by atoms with Gasteiger partial charge in [-0.3, -0.25) is 0 Å². The molecule has 0 aromatic carbocycles. The molecule has 0 unspecified atom stereocenters. The van der Waals surface area contributed by atoms with E-state index in [2.05, 4.69) is 21.9 Å². The largest absolute Gasteiger partial charge is 0.465 e. The van der Waals surface area contributed by atoms with Crippen LogP contribution in [0.3, 0.4) is 0 Å². The minimum absolute atomic E-state index is 0.331. The van der Waals surface area contributed by atoms with Gasteiger partial charge in [-0.25, -0.2) is 9.78 Å². The topological polar surface area (TPSA) is 67.0 Å². The van der Waals surface area contributed by atoms with E-state index in [0.717, 1.165) is 27.8 Å². The van der Waals surface area contributed by atoms with Gasteiger partial charge in [0.25, 0.3) is 0 Å². The Morgan fingerprint density at radius 3 is 3.00 bits per heavy atom. The monoisotopic (exact) mass is 291 g/mol. The fraction of sp³-hybridized carbons (Fsp3) is 0.286. The first-order valence-electron chi connectivity index (χ1n) is 6.16. The molecule has 0 spiro atoms. The molecular formula is C14H17N3O2S. The van der Waals surface area contributed by atoms with Crippen molar-refractivity contribution in [2.75, 3.05) is 19.0 Å². The van der Waals surface area contributed by atoms with Crippen molar-refractivity contribution >= 4 is 22.4 Å². The number of aromatic nitrogens is 2. The fourth-order valence-corrected chi connectivity index (χ4v) is 2.76. The van der Waals surface area contributed by atoms with Gasteiger partial charge in [0.2, 0.25) is 0 Å². The van der Waals surface area contributed by atoms with Crippen molar-refractivity contribution in [2.45, 2.75) is 13.8 Å². The molecule has 0 amide bonds. The quantitative estimate of drug-likeness (QED) is 0.656. The van der Waals surface area contributed by atoms with Crippen molar-refractivity contribution in [1.29, 1.82) is 0 Å². The number of esters is 1. The number of nitrogens with zero attached hydrogens (tertiary/aromatic N) is 1. The molecule has 0 radical (unpaired) electrons. The molecule has 5 nitrogen and oxygen atoms in total. The van der Waals surface area contributed by atoms with Gasteiger partial charge in [0.1, 0.15) is 5.69 Å². The molecule has 0 saturated heterocycles. The molecule has 0 atom stereocenters. The van der Waals surface area contributed by atoms with Crippen molar-refractivity contribution in [1.82, 2.24) is 9.97 Å². The summed E-state index contributed by atoms with van der Waals surface area (Å²) in [7, 11) is 1.38. The standard InChI is InChI=1S/C14H17N3O2S/c1-5-6-15-14-17-10(7-20-14)12-8(2)11(9(3)16-12)13(18)19-4/h5,7,16H,1,6H2,2-4H3,(H,15,17). The van der Waals surface area contributed by atoms with Crippen LogP contribution in [0, 0.1) is 13.8 Å². The van der Waals surface area contributed by atoms with Crippen molar-refractivity contribution in [2.24, 2.45) is 0 Å². The van der Waals surface area contributed by atoms with E-state index in [1.807, 2.05) is 19.2 Å². The summed E-state index contributed by atoms with van der Waals surface area (Å²) in [5.41, 5.74) is 3.90. The summed E-state index contributed by atoms with van der Waals surface area (Å²) in [5.74, 6) is -0.331. The van der Waals surface area contributed by atoms with Crippen LogP contribution in [0.1, 0.15) is 21.6 Å². The lowest BCUT2D eigenvalue weighted by molar-refractivity contribution is 0.0599. The van der Waals surface area contributed by atoms with E-state index < -0.39 is 0 Å². The number of rotatable bonds is 5. The first-order chi connectivity index (χ1) is 9.58. The van der Waals surface area contributed by atoms with Crippen LogP contribution >= 0.6 is 11.3 Å². The predicted octanol–water partition coefficient (Wildman–Crippen LogP) is 3.14. The number of H-pyrrole nitrogens is 1. The Balaban J connectivity index is 2.36. The van der Waals surface area contributed by atoms with Gasteiger partial charge in [0.15, 0.2) is 5.13 Å². The number of aryl methyl sites for hydroxylation is 1. The number of hydrogen-bond donors (Lipinski definition) is 2. The highest BCUT2D eigenvalue weighted by Crippen LogP contribution is 2.30. The summed E-state index contributed by atoms with van der Waals surface area (Å²) >= 11 is 1.52. The second-order valence-corrected chi connectivity index (χ2v) is 5.18. The Morgan fingerprint density at radius 1 is 1.60 bits per heavy atom. The number of methoxy groups -OCH3 is 1. The zero-order valence-corrected chi connectivity index (χ0v) is 12.6. The molecule has 2 heterocycles. The Bertz CT molecular complexity index is 643. The van der Waals surface area contributed by atoms with Gasteiger partial charge in [0.05, 0.1) is 18.4 Å². The van der Waals surface area contributed by atoms with Crippen molar-refractivity contribution in [3.63, 3.8) is 0 Å². The van der Waals surface area contributed by atoms with Gasteiger partial charge >= 0.3 is 5.97 Å². The number of carbonyl (C=O) groups is 1. The minimum Gasteiger partial charge on any atom is -0.465 e. The number of ether oxygens (including phenoxy) is 1. The third kappa shape index (κ3) is 2.60. The summed E-state index contributed by atoms with van der Waals surface area (Å²) in [5, 5.41) is 5.92. The summed E-state index contributed by atoms with van der Waals surface area (Å²) < 4.78 is 4.81. The lowest BCUT2D eigenvalue weighted by Crippen LogP contribution is -2.03. The van der Waals surface area contributed by atoms with Crippen LogP contribution < -0.4 is 5.32 Å². The maximum Gasteiger partial charge on any atom is 0.339 e. The maximum absolute atomic E-state index is 11.8. The van der Waals surface area contributed by atoms with E-state index in [1.165, 1.54) is 18.4 Å². The smallest absolute Gasteiger partial charge is 0.339 e. The molecule has 20 heavy (non-hydrogen) atoms. The zero-order valence-electron chi connectivity index (χ0n) is 11.7. The SMILES string of the molecule is C=CCNc1nc(-c2[nH]c(C)c(C(=O)OC)c2C)cs1. The van der Waals surface area contributed by atoms with E-state index in [9.17, 15) is 4.79 Å². The lowest BCUT2D eigenvalue weighted by atomic mass is 10.1. The van der Waals surface area contributed by atoms with Crippen LogP contribution in [0.15, 0.2) is 18.0 Å². The summed E-state index contributed by atoms with van der Waals surface area (Å²) in [6.45, 7) is 8.07. The number of anilines is 1. The third-order valence-electron chi connectivity index (χ3n) is 2.98. The average Bonchev–Trinajstić information content (AvgIpc) is 3.00. The third-order valence-corrected chi connectivity index (χ3v) is 3.78. The zero-order chi connectivity index (χ0) is 14.7. The van der Waals surface area contributed by atoms with Crippen molar-refractivity contribution in [3.05, 3.63) is 34.9 Å². The lowest BCUT2D eigenvalue weighted by Gasteiger charge is -1.99. The molecule has 2 aromatic heterocycles. The molecule has 0 bridgehead atoms. The number of carbonyl (C=O) groups excluding carboxylic acids is 1. The highest BCUT2D eigenvalue weighted by atomic mass is 32.1. The van der Waals surface area contributed by atoms with Crippen molar-refractivity contribution < 1.29 is 9.53 Å². The molecule has 6 heteroatoms. The Hall–Kier alpha value is -2.08. The van der Waals surface area contributed by atoms with Crippen LogP contribution in [0.25, 0.3) is 11.4 Å². The van der Waals surface area contributed by atoms with Gasteiger partial charge in [-0.1, -0.05) is 6.08 Å². The first kappa shape index (κ1) is 14.3. The highest BCUT2D eigenvalue weighted by Gasteiger charge is 2.20. The molecule has 106 valence electrons. The highest BCUT2D eigenvalue weighted by molar-refractivity contribution is 7.14. The van der Waals surface area contributed by atoms with Gasteiger partial charge in [-0.2, -0.15) is 0 Å². The van der Waals surface area contributed by atoms with Crippen LogP contribution in [0.5, 0.6) is 0 Å². The molecule has 2 N–H and O–H groups in total. The molecule has 2 aromatic rings. The normalized spacial score (nSPS) is 10.3.